The molecule has 3 heterocycles. The molecule has 0 N–H and O–H groups in total. The minimum Gasteiger partial charge on any atom is -0.333 e. The fourth-order valence-corrected chi connectivity index (χ4v) is 5.56. The Hall–Kier alpha value is -2.40. The maximum Gasteiger partial charge on any atom is 0.246 e. The highest BCUT2D eigenvalue weighted by Gasteiger charge is 2.38. The van der Waals surface area contributed by atoms with Crippen LogP contribution >= 0.6 is 0 Å². The Balaban J connectivity index is 1.52. The van der Waals surface area contributed by atoms with Gasteiger partial charge in [-0.2, -0.15) is 4.31 Å². The van der Waals surface area contributed by atoms with Crippen LogP contribution in [-0.2, 0) is 27.9 Å². The molecular weight excluding hydrogens is 416 g/mol. The second-order valence-electron chi connectivity index (χ2n) is 7.96. The van der Waals surface area contributed by atoms with Gasteiger partial charge in [0.15, 0.2) is 5.82 Å². The number of amides is 1. The van der Waals surface area contributed by atoms with Crippen LogP contribution in [0.3, 0.4) is 0 Å². The standard InChI is InChI=1S/C19H23F2N5O3S/c1-12(2)19(27)24-7-8-26-17(11-24)22-23-18(26)13-5-6-25(10-13)30(28,29)16-4-3-14(20)9-15(16)21/h3-4,9,12-13H,5-8,10-11H2,1-2H3. The maximum absolute atomic E-state index is 14.0. The number of carbonyl (C=O) groups is 1. The predicted octanol–water partition coefficient (Wildman–Crippen LogP) is 1.73. The van der Waals surface area contributed by atoms with Crippen LogP contribution < -0.4 is 0 Å². The number of aromatic nitrogens is 3. The zero-order chi connectivity index (χ0) is 21.6. The van der Waals surface area contributed by atoms with E-state index < -0.39 is 26.6 Å². The first-order valence-corrected chi connectivity index (χ1v) is 11.3. The van der Waals surface area contributed by atoms with Gasteiger partial charge in [-0.05, 0) is 18.6 Å². The summed E-state index contributed by atoms with van der Waals surface area (Å²) in [6, 6.07) is 2.45. The van der Waals surface area contributed by atoms with Gasteiger partial charge in [0.2, 0.25) is 15.9 Å². The highest BCUT2D eigenvalue weighted by Crippen LogP contribution is 2.32. The molecule has 162 valence electrons. The highest BCUT2D eigenvalue weighted by atomic mass is 32.2. The number of fused-ring (bicyclic) bond motifs is 1. The number of hydrogen-bond donors (Lipinski definition) is 0. The molecule has 1 atom stereocenters. The Morgan fingerprint density at radius 1 is 1.17 bits per heavy atom. The molecule has 1 aromatic heterocycles. The summed E-state index contributed by atoms with van der Waals surface area (Å²) in [6.07, 6.45) is 0.523. The van der Waals surface area contributed by atoms with Gasteiger partial charge in [-0.3, -0.25) is 4.79 Å². The molecule has 0 radical (unpaired) electrons. The van der Waals surface area contributed by atoms with E-state index in [0.717, 1.165) is 12.1 Å². The minimum absolute atomic E-state index is 0.0604. The van der Waals surface area contributed by atoms with Crippen molar-refractivity contribution in [1.82, 2.24) is 24.0 Å². The molecule has 2 aromatic rings. The third kappa shape index (κ3) is 3.60. The quantitative estimate of drug-likeness (QED) is 0.724. The van der Waals surface area contributed by atoms with Crippen molar-refractivity contribution in [2.45, 2.75) is 44.2 Å². The van der Waals surface area contributed by atoms with Gasteiger partial charge in [-0.25, -0.2) is 17.2 Å². The minimum atomic E-state index is -4.08. The van der Waals surface area contributed by atoms with Crippen molar-refractivity contribution in [1.29, 1.82) is 0 Å². The van der Waals surface area contributed by atoms with E-state index in [2.05, 4.69) is 10.2 Å². The second-order valence-corrected chi connectivity index (χ2v) is 9.87. The summed E-state index contributed by atoms with van der Waals surface area (Å²) in [5.41, 5.74) is 0. The van der Waals surface area contributed by atoms with Crippen molar-refractivity contribution in [3.8, 4) is 0 Å². The van der Waals surface area contributed by atoms with Crippen molar-refractivity contribution in [2.24, 2.45) is 5.92 Å². The molecule has 1 saturated heterocycles. The van der Waals surface area contributed by atoms with Gasteiger partial charge in [-0.1, -0.05) is 13.8 Å². The summed E-state index contributed by atoms with van der Waals surface area (Å²) in [4.78, 5) is 13.5. The zero-order valence-electron chi connectivity index (χ0n) is 16.8. The van der Waals surface area contributed by atoms with Gasteiger partial charge in [0.1, 0.15) is 22.4 Å². The lowest BCUT2D eigenvalue weighted by atomic mass is 10.1. The first-order valence-electron chi connectivity index (χ1n) is 9.84. The number of halogens is 2. The number of rotatable bonds is 4. The Labute approximate surface area is 173 Å². The van der Waals surface area contributed by atoms with Gasteiger partial charge in [0.25, 0.3) is 0 Å². The highest BCUT2D eigenvalue weighted by molar-refractivity contribution is 7.89. The molecule has 11 heteroatoms. The van der Waals surface area contributed by atoms with E-state index >= 15 is 0 Å². The Kier molecular flexibility index (Phi) is 5.35. The van der Waals surface area contributed by atoms with Crippen LogP contribution in [0.2, 0.25) is 0 Å². The van der Waals surface area contributed by atoms with Crippen LogP contribution in [0.4, 0.5) is 8.78 Å². The fourth-order valence-electron chi connectivity index (χ4n) is 4.02. The molecule has 2 aliphatic heterocycles. The van der Waals surface area contributed by atoms with Gasteiger partial charge in [0.05, 0.1) is 6.54 Å². The summed E-state index contributed by atoms with van der Waals surface area (Å²) in [5, 5.41) is 8.48. The summed E-state index contributed by atoms with van der Waals surface area (Å²) < 4.78 is 56.0. The first kappa shape index (κ1) is 20.9. The molecule has 1 aromatic carbocycles. The van der Waals surface area contributed by atoms with E-state index in [1.165, 1.54) is 4.31 Å². The summed E-state index contributed by atoms with van der Waals surface area (Å²) in [7, 11) is -4.08. The van der Waals surface area contributed by atoms with Gasteiger partial charge in [0, 0.05) is 44.1 Å². The predicted molar refractivity (Wildman–Crippen MR) is 103 cm³/mol. The van der Waals surface area contributed by atoms with Crippen LogP contribution in [0.15, 0.2) is 23.1 Å². The normalized spacial score (nSPS) is 20.0. The van der Waals surface area contributed by atoms with E-state index in [0.29, 0.717) is 43.8 Å². The largest absolute Gasteiger partial charge is 0.333 e. The molecule has 4 rings (SSSR count). The monoisotopic (exact) mass is 439 g/mol. The van der Waals surface area contributed by atoms with E-state index in [1.54, 1.807) is 4.90 Å². The SMILES string of the molecule is CC(C)C(=O)N1CCn2c(nnc2C2CCN(S(=O)(=O)c3ccc(F)cc3F)C2)C1. The molecule has 1 amide bonds. The summed E-state index contributed by atoms with van der Waals surface area (Å²) in [5.74, 6) is -0.796. The lowest BCUT2D eigenvalue weighted by Gasteiger charge is -2.29. The first-order chi connectivity index (χ1) is 14.2. The molecule has 0 aliphatic carbocycles. The number of benzene rings is 1. The van der Waals surface area contributed by atoms with Crippen LogP contribution in [0, 0.1) is 17.6 Å². The number of sulfonamides is 1. The molecule has 0 saturated carbocycles. The van der Waals surface area contributed by atoms with Crippen molar-refractivity contribution in [3.05, 3.63) is 41.5 Å². The van der Waals surface area contributed by atoms with Gasteiger partial charge < -0.3 is 9.47 Å². The van der Waals surface area contributed by atoms with Crippen LogP contribution in [0.25, 0.3) is 0 Å². The molecular formula is C19H23F2N5O3S. The van der Waals surface area contributed by atoms with E-state index in [1.807, 2.05) is 18.4 Å². The van der Waals surface area contributed by atoms with Crippen LogP contribution in [0.5, 0.6) is 0 Å². The van der Waals surface area contributed by atoms with Crippen LogP contribution in [0.1, 0.15) is 37.8 Å². The topological polar surface area (TPSA) is 88.4 Å². The average molecular weight is 439 g/mol. The molecule has 0 spiro atoms. The van der Waals surface area contributed by atoms with Crippen molar-refractivity contribution < 1.29 is 22.0 Å². The summed E-state index contributed by atoms with van der Waals surface area (Å²) in [6.45, 7) is 5.53. The average Bonchev–Trinajstić information content (AvgIpc) is 3.33. The smallest absolute Gasteiger partial charge is 0.246 e. The van der Waals surface area contributed by atoms with E-state index in [4.69, 9.17) is 0 Å². The van der Waals surface area contributed by atoms with Crippen molar-refractivity contribution in [3.63, 3.8) is 0 Å². The maximum atomic E-state index is 14.0. The molecule has 1 fully saturated rings. The van der Waals surface area contributed by atoms with E-state index in [9.17, 15) is 22.0 Å². The van der Waals surface area contributed by atoms with Crippen molar-refractivity contribution in [2.75, 3.05) is 19.6 Å². The van der Waals surface area contributed by atoms with Gasteiger partial charge >= 0.3 is 0 Å². The Morgan fingerprint density at radius 2 is 1.93 bits per heavy atom. The number of carbonyl (C=O) groups excluding carboxylic acids is 1. The number of hydrogen-bond acceptors (Lipinski definition) is 5. The molecule has 30 heavy (non-hydrogen) atoms. The summed E-state index contributed by atoms with van der Waals surface area (Å²) >= 11 is 0. The van der Waals surface area contributed by atoms with Crippen LogP contribution in [-0.4, -0.2) is 57.9 Å². The third-order valence-electron chi connectivity index (χ3n) is 5.62. The number of nitrogens with zero attached hydrogens (tertiary/aromatic N) is 5. The fraction of sp³-hybridized carbons (Fsp3) is 0.526. The second kappa shape index (κ2) is 7.69. The zero-order valence-corrected chi connectivity index (χ0v) is 17.6. The lowest BCUT2D eigenvalue weighted by Crippen LogP contribution is -2.41. The Bertz CT molecular complexity index is 1090. The Morgan fingerprint density at radius 3 is 2.63 bits per heavy atom. The third-order valence-corrected chi connectivity index (χ3v) is 7.51. The molecule has 0 bridgehead atoms. The molecule has 1 unspecified atom stereocenters. The molecule has 2 aliphatic rings. The van der Waals surface area contributed by atoms with Gasteiger partial charge in [-0.15, -0.1) is 10.2 Å². The van der Waals surface area contributed by atoms with E-state index in [-0.39, 0.29) is 30.8 Å². The lowest BCUT2D eigenvalue weighted by molar-refractivity contribution is -0.136. The van der Waals surface area contributed by atoms with Crippen molar-refractivity contribution >= 4 is 15.9 Å². The molecule has 8 nitrogen and oxygen atoms in total.